The third-order valence-electron chi connectivity index (χ3n) is 2.95. The van der Waals surface area contributed by atoms with Crippen LogP contribution in [0.25, 0.3) is 0 Å². The standard InChI is InChI=1S/C13H20N2O4S/c1-10-4-6-12(7-5-10)11(2)14-20(18,19)15(3)9-8-13(16)17/h4-7,11,14H,8-9H2,1-3H3,(H,16,17). The SMILES string of the molecule is Cc1ccc(C(C)NS(=O)(=O)N(C)CCC(=O)O)cc1. The zero-order chi connectivity index (χ0) is 15.3. The number of carbonyl (C=O) groups is 1. The molecule has 1 aromatic carbocycles. The van der Waals surface area contributed by atoms with Crippen LogP contribution in [0.5, 0.6) is 0 Å². The molecule has 0 aliphatic carbocycles. The van der Waals surface area contributed by atoms with E-state index in [0.717, 1.165) is 15.4 Å². The molecule has 0 aliphatic heterocycles. The summed E-state index contributed by atoms with van der Waals surface area (Å²) in [5.41, 5.74) is 1.95. The molecule has 0 aromatic heterocycles. The summed E-state index contributed by atoms with van der Waals surface area (Å²) in [5.74, 6) is -1.03. The lowest BCUT2D eigenvalue weighted by Gasteiger charge is -2.21. The molecule has 112 valence electrons. The lowest BCUT2D eigenvalue weighted by atomic mass is 10.1. The molecule has 1 rings (SSSR count). The Morgan fingerprint density at radius 3 is 2.40 bits per heavy atom. The Balaban J connectivity index is 2.69. The molecular weight excluding hydrogens is 280 g/mol. The normalized spacial score (nSPS) is 13.4. The van der Waals surface area contributed by atoms with E-state index in [2.05, 4.69) is 4.72 Å². The largest absolute Gasteiger partial charge is 0.481 e. The van der Waals surface area contributed by atoms with E-state index in [1.54, 1.807) is 6.92 Å². The zero-order valence-corrected chi connectivity index (χ0v) is 12.6. The highest BCUT2D eigenvalue weighted by Crippen LogP contribution is 2.14. The molecule has 0 heterocycles. The van der Waals surface area contributed by atoms with Crippen LogP contribution < -0.4 is 4.72 Å². The molecular formula is C13H20N2O4S. The summed E-state index contributed by atoms with van der Waals surface area (Å²) in [6, 6.07) is 7.16. The van der Waals surface area contributed by atoms with E-state index in [1.807, 2.05) is 31.2 Å². The fraction of sp³-hybridized carbons (Fsp3) is 0.462. The third-order valence-corrected chi connectivity index (χ3v) is 4.61. The molecule has 0 aliphatic rings. The molecule has 1 aromatic rings. The van der Waals surface area contributed by atoms with Gasteiger partial charge in [0.05, 0.1) is 6.42 Å². The van der Waals surface area contributed by atoms with Crippen molar-refractivity contribution in [3.8, 4) is 0 Å². The van der Waals surface area contributed by atoms with Gasteiger partial charge in [-0.1, -0.05) is 29.8 Å². The second-order valence-corrected chi connectivity index (χ2v) is 6.53. The summed E-state index contributed by atoms with van der Waals surface area (Å²) in [6.07, 6.45) is -0.226. The van der Waals surface area contributed by atoms with Crippen LogP contribution in [0, 0.1) is 6.92 Å². The average molecular weight is 300 g/mol. The minimum absolute atomic E-state index is 0.0642. The van der Waals surface area contributed by atoms with Gasteiger partial charge in [-0.05, 0) is 19.4 Å². The molecule has 7 heteroatoms. The highest BCUT2D eigenvalue weighted by atomic mass is 32.2. The predicted molar refractivity (Wildman–Crippen MR) is 76.5 cm³/mol. The van der Waals surface area contributed by atoms with Crippen LogP contribution in [0.4, 0.5) is 0 Å². The van der Waals surface area contributed by atoms with Crippen LogP contribution in [-0.4, -0.2) is 37.4 Å². The fourth-order valence-electron chi connectivity index (χ4n) is 1.61. The van der Waals surface area contributed by atoms with Gasteiger partial charge in [-0.3, -0.25) is 4.79 Å². The smallest absolute Gasteiger partial charge is 0.304 e. The fourth-order valence-corrected chi connectivity index (χ4v) is 2.70. The summed E-state index contributed by atoms with van der Waals surface area (Å²) in [5, 5.41) is 8.57. The van der Waals surface area contributed by atoms with E-state index in [9.17, 15) is 13.2 Å². The minimum Gasteiger partial charge on any atom is -0.481 e. The summed E-state index contributed by atoms with van der Waals surface area (Å²) in [6.45, 7) is 3.64. The Morgan fingerprint density at radius 2 is 1.90 bits per heavy atom. The first-order valence-electron chi connectivity index (χ1n) is 6.24. The van der Waals surface area contributed by atoms with Crippen LogP contribution in [0.1, 0.15) is 30.5 Å². The second kappa shape index (κ2) is 6.83. The second-order valence-electron chi connectivity index (χ2n) is 4.72. The molecule has 0 spiro atoms. The number of carboxylic acids is 1. The number of hydrogen-bond donors (Lipinski definition) is 2. The Hall–Kier alpha value is -1.44. The molecule has 0 saturated carbocycles. The van der Waals surface area contributed by atoms with Crippen LogP contribution in [0.2, 0.25) is 0 Å². The van der Waals surface area contributed by atoms with Gasteiger partial charge in [0, 0.05) is 19.6 Å². The van der Waals surface area contributed by atoms with Gasteiger partial charge in [0.15, 0.2) is 0 Å². The summed E-state index contributed by atoms with van der Waals surface area (Å²) >= 11 is 0. The third kappa shape index (κ3) is 4.92. The Morgan fingerprint density at radius 1 is 1.35 bits per heavy atom. The first-order valence-corrected chi connectivity index (χ1v) is 7.68. The van der Waals surface area contributed by atoms with Crippen molar-refractivity contribution < 1.29 is 18.3 Å². The molecule has 2 N–H and O–H groups in total. The molecule has 0 bridgehead atoms. The van der Waals surface area contributed by atoms with E-state index in [1.165, 1.54) is 7.05 Å². The van der Waals surface area contributed by atoms with Gasteiger partial charge in [0.25, 0.3) is 10.2 Å². The van der Waals surface area contributed by atoms with Gasteiger partial charge >= 0.3 is 5.97 Å². The van der Waals surface area contributed by atoms with Crippen LogP contribution in [0.3, 0.4) is 0 Å². The molecule has 1 unspecified atom stereocenters. The number of benzene rings is 1. The van der Waals surface area contributed by atoms with Crippen LogP contribution in [0.15, 0.2) is 24.3 Å². The van der Waals surface area contributed by atoms with Crippen molar-refractivity contribution in [2.75, 3.05) is 13.6 Å². The van der Waals surface area contributed by atoms with Crippen molar-refractivity contribution in [2.24, 2.45) is 0 Å². The van der Waals surface area contributed by atoms with E-state index < -0.39 is 16.2 Å². The topological polar surface area (TPSA) is 86.7 Å². The number of hydrogen-bond acceptors (Lipinski definition) is 3. The number of nitrogens with zero attached hydrogens (tertiary/aromatic N) is 1. The van der Waals surface area contributed by atoms with Crippen molar-refractivity contribution >= 4 is 16.2 Å². The van der Waals surface area contributed by atoms with Gasteiger partial charge in [0.1, 0.15) is 0 Å². The number of rotatable bonds is 7. The average Bonchev–Trinajstić information content (AvgIpc) is 2.35. The first-order chi connectivity index (χ1) is 9.22. The predicted octanol–water partition coefficient (Wildman–Crippen LogP) is 1.30. The number of aryl methyl sites for hydroxylation is 1. The Bertz CT molecular complexity index is 554. The van der Waals surface area contributed by atoms with E-state index in [0.29, 0.717) is 0 Å². The zero-order valence-electron chi connectivity index (χ0n) is 11.8. The van der Waals surface area contributed by atoms with Crippen molar-refractivity contribution in [3.63, 3.8) is 0 Å². The van der Waals surface area contributed by atoms with E-state index in [-0.39, 0.29) is 19.0 Å². The monoisotopic (exact) mass is 300 g/mol. The van der Waals surface area contributed by atoms with Crippen molar-refractivity contribution in [2.45, 2.75) is 26.3 Å². The molecule has 1 atom stereocenters. The summed E-state index contributed by atoms with van der Waals surface area (Å²) in [7, 11) is -2.34. The Kier molecular flexibility index (Phi) is 5.67. The number of carboxylic acid groups (broad SMARTS) is 1. The summed E-state index contributed by atoms with van der Waals surface area (Å²) < 4.78 is 27.6. The van der Waals surface area contributed by atoms with Crippen LogP contribution >= 0.6 is 0 Å². The van der Waals surface area contributed by atoms with E-state index >= 15 is 0 Å². The van der Waals surface area contributed by atoms with Gasteiger partial charge in [-0.2, -0.15) is 17.4 Å². The maximum absolute atomic E-state index is 12.0. The summed E-state index contributed by atoms with van der Waals surface area (Å²) in [4.78, 5) is 10.5. The highest BCUT2D eigenvalue weighted by molar-refractivity contribution is 7.87. The quantitative estimate of drug-likeness (QED) is 0.794. The van der Waals surface area contributed by atoms with Gasteiger partial charge in [-0.25, -0.2) is 0 Å². The Labute approximate surface area is 119 Å². The molecule has 0 radical (unpaired) electrons. The van der Waals surface area contributed by atoms with Crippen LogP contribution in [-0.2, 0) is 15.0 Å². The number of aliphatic carboxylic acids is 1. The lowest BCUT2D eigenvalue weighted by molar-refractivity contribution is -0.137. The highest BCUT2D eigenvalue weighted by Gasteiger charge is 2.21. The maximum Gasteiger partial charge on any atom is 0.304 e. The van der Waals surface area contributed by atoms with Crippen molar-refractivity contribution in [1.82, 2.24) is 9.03 Å². The van der Waals surface area contributed by atoms with E-state index in [4.69, 9.17) is 5.11 Å². The van der Waals surface area contributed by atoms with Crippen molar-refractivity contribution in [3.05, 3.63) is 35.4 Å². The minimum atomic E-state index is -3.69. The van der Waals surface area contributed by atoms with Crippen molar-refractivity contribution in [1.29, 1.82) is 0 Å². The lowest BCUT2D eigenvalue weighted by Crippen LogP contribution is -2.40. The molecule has 0 amide bonds. The molecule has 20 heavy (non-hydrogen) atoms. The van der Waals surface area contributed by atoms with Gasteiger partial charge in [-0.15, -0.1) is 0 Å². The first kappa shape index (κ1) is 16.6. The number of nitrogens with one attached hydrogen (secondary N) is 1. The molecule has 0 saturated heterocycles. The van der Waals surface area contributed by atoms with Gasteiger partial charge < -0.3 is 5.11 Å². The van der Waals surface area contributed by atoms with Gasteiger partial charge in [0.2, 0.25) is 0 Å². The maximum atomic E-state index is 12.0. The molecule has 6 nitrogen and oxygen atoms in total. The molecule has 0 fully saturated rings.